The zero-order valence-corrected chi connectivity index (χ0v) is 15.4. The van der Waals surface area contributed by atoms with Crippen molar-refractivity contribution >= 4 is 21.9 Å². The fourth-order valence-electron chi connectivity index (χ4n) is 2.93. The van der Waals surface area contributed by atoms with Crippen LogP contribution in [0.25, 0.3) is 0 Å². The molecule has 0 bridgehead atoms. The Morgan fingerprint density at radius 1 is 1.41 bits per heavy atom. The lowest BCUT2D eigenvalue weighted by Gasteiger charge is -2.23. The molecular formula is C17H27BrN4. The summed E-state index contributed by atoms with van der Waals surface area (Å²) < 4.78 is 1.11. The van der Waals surface area contributed by atoms with Gasteiger partial charge in [0.15, 0.2) is 5.96 Å². The fourth-order valence-corrected chi connectivity index (χ4v) is 3.19. The van der Waals surface area contributed by atoms with Gasteiger partial charge >= 0.3 is 0 Å². The summed E-state index contributed by atoms with van der Waals surface area (Å²) in [6.07, 6.45) is 1.29. The lowest BCUT2D eigenvalue weighted by atomic mass is 10.1. The molecule has 0 spiro atoms. The Kier molecular flexibility index (Phi) is 6.70. The van der Waals surface area contributed by atoms with Crippen LogP contribution in [0.3, 0.4) is 0 Å². The summed E-state index contributed by atoms with van der Waals surface area (Å²) in [7, 11) is 3.94. The van der Waals surface area contributed by atoms with Crippen molar-refractivity contribution in [1.29, 1.82) is 0 Å². The molecule has 122 valence electrons. The van der Waals surface area contributed by atoms with Crippen LogP contribution in [0.5, 0.6) is 0 Å². The van der Waals surface area contributed by atoms with E-state index in [-0.39, 0.29) is 0 Å². The molecule has 0 radical (unpaired) electrons. The third kappa shape index (κ3) is 4.99. The molecule has 1 unspecified atom stereocenters. The minimum Gasteiger partial charge on any atom is -0.356 e. The molecule has 5 heteroatoms. The molecule has 1 aromatic rings. The first-order valence-electron chi connectivity index (χ1n) is 8.01. The minimum atomic E-state index is 0.734. The molecule has 0 amide bonds. The van der Waals surface area contributed by atoms with Crippen LogP contribution in [0.1, 0.15) is 18.9 Å². The van der Waals surface area contributed by atoms with Gasteiger partial charge in [-0.05, 0) is 43.1 Å². The highest BCUT2D eigenvalue weighted by atomic mass is 79.9. The average molecular weight is 367 g/mol. The predicted molar refractivity (Wildman–Crippen MR) is 97.2 cm³/mol. The van der Waals surface area contributed by atoms with Gasteiger partial charge in [0, 0.05) is 38.2 Å². The number of guanidine groups is 1. The van der Waals surface area contributed by atoms with E-state index in [1.165, 1.54) is 25.1 Å². The van der Waals surface area contributed by atoms with Crippen molar-refractivity contribution in [1.82, 2.24) is 15.1 Å². The second-order valence-electron chi connectivity index (χ2n) is 5.96. The van der Waals surface area contributed by atoms with Crippen LogP contribution in [0.15, 0.2) is 33.7 Å². The molecule has 1 saturated heterocycles. The zero-order chi connectivity index (χ0) is 15.9. The van der Waals surface area contributed by atoms with E-state index in [9.17, 15) is 0 Å². The van der Waals surface area contributed by atoms with E-state index >= 15 is 0 Å². The highest BCUT2D eigenvalue weighted by molar-refractivity contribution is 9.10. The van der Waals surface area contributed by atoms with Crippen LogP contribution in [-0.2, 0) is 6.54 Å². The number of rotatable bonds is 5. The predicted octanol–water partition coefficient (Wildman–Crippen LogP) is 2.80. The van der Waals surface area contributed by atoms with Gasteiger partial charge in [-0.15, -0.1) is 0 Å². The normalized spacial score (nSPS) is 19.5. The standard InChI is InChI=1S/C17H27BrN4/c1-4-22-10-9-15(13-22)11-20-17(19-2)21(3)12-14-5-7-16(18)8-6-14/h5-8,15H,4,9-13H2,1-3H3,(H,19,20). The molecule has 22 heavy (non-hydrogen) atoms. The first-order chi connectivity index (χ1) is 10.6. The Bertz CT molecular complexity index is 486. The summed E-state index contributed by atoms with van der Waals surface area (Å²) in [5.74, 6) is 1.70. The fraction of sp³-hybridized carbons (Fsp3) is 0.588. The molecule has 1 atom stereocenters. The molecule has 0 saturated carbocycles. The summed E-state index contributed by atoms with van der Waals surface area (Å²) in [5, 5.41) is 3.53. The third-order valence-electron chi connectivity index (χ3n) is 4.27. The number of benzene rings is 1. The SMILES string of the molecule is CCN1CCC(CNC(=NC)N(C)Cc2ccc(Br)cc2)C1. The first kappa shape index (κ1) is 17.3. The van der Waals surface area contributed by atoms with Crippen LogP contribution in [0.2, 0.25) is 0 Å². The number of aliphatic imine (C=N–C) groups is 1. The maximum absolute atomic E-state index is 4.41. The van der Waals surface area contributed by atoms with Crippen LogP contribution in [0.4, 0.5) is 0 Å². The van der Waals surface area contributed by atoms with Crippen LogP contribution >= 0.6 is 15.9 Å². The van der Waals surface area contributed by atoms with Crippen LogP contribution < -0.4 is 5.32 Å². The Labute approximate surface area is 142 Å². The first-order valence-corrected chi connectivity index (χ1v) is 8.80. The molecule has 1 heterocycles. The number of halogens is 1. The number of hydrogen-bond donors (Lipinski definition) is 1. The van der Waals surface area contributed by atoms with Gasteiger partial charge in [0.05, 0.1) is 0 Å². The largest absolute Gasteiger partial charge is 0.356 e. The van der Waals surface area contributed by atoms with E-state index < -0.39 is 0 Å². The van der Waals surface area contributed by atoms with E-state index in [4.69, 9.17) is 0 Å². The molecule has 1 N–H and O–H groups in total. The van der Waals surface area contributed by atoms with E-state index in [1.54, 1.807) is 0 Å². The van der Waals surface area contributed by atoms with Gasteiger partial charge in [-0.1, -0.05) is 35.0 Å². The third-order valence-corrected chi connectivity index (χ3v) is 4.80. The number of hydrogen-bond acceptors (Lipinski definition) is 2. The van der Waals surface area contributed by atoms with Crippen LogP contribution in [0, 0.1) is 5.92 Å². The molecule has 1 aliphatic heterocycles. The average Bonchev–Trinajstić information content (AvgIpc) is 2.98. The number of likely N-dealkylation sites (tertiary alicyclic amines) is 1. The second kappa shape index (κ2) is 8.53. The molecule has 0 aliphatic carbocycles. The topological polar surface area (TPSA) is 30.9 Å². The van der Waals surface area contributed by atoms with Crippen molar-refractivity contribution in [3.8, 4) is 0 Å². The Morgan fingerprint density at radius 3 is 2.73 bits per heavy atom. The molecular weight excluding hydrogens is 340 g/mol. The summed E-state index contributed by atoms with van der Waals surface area (Å²) in [5.41, 5.74) is 1.28. The van der Waals surface area contributed by atoms with Crippen molar-refractivity contribution in [2.45, 2.75) is 19.9 Å². The molecule has 1 fully saturated rings. The van der Waals surface area contributed by atoms with Crippen LogP contribution in [-0.4, -0.2) is 56.0 Å². The summed E-state index contributed by atoms with van der Waals surface area (Å²) in [6.45, 7) is 7.70. The molecule has 4 nitrogen and oxygen atoms in total. The smallest absolute Gasteiger partial charge is 0.193 e. The van der Waals surface area contributed by atoms with Gasteiger partial charge in [-0.2, -0.15) is 0 Å². The molecule has 0 aromatic heterocycles. The van der Waals surface area contributed by atoms with Crippen molar-refractivity contribution in [2.75, 3.05) is 40.3 Å². The molecule has 2 rings (SSSR count). The van der Waals surface area contributed by atoms with Gasteiger partial charge in [-0.3, -0.25) is 4.99 Å². The van der Waals surface area contributed by atoms with Gasteiger partial charge < -0.3 is 15.1 Å². The van der Waals surface area contributed by atoms with Crippen molar-refractivity contribution in [3.63, 3.8) is 0 Å². The highest BCUT2D eigenvalue weighted by Gasteiger charge is 2.21. The minimum absolute atomic E-state index is 0.734. The van der Waals surface area contributed by atoms with E-state index in [0.717, 1.165) is 36.0 Å². The highest BCUT2D eigenvalue weighted by Crippen LogP contribution is 2.15. The van der Waals surface area contributed by atoms with E-state index in [1.807, 2.05) is 7.05 Å². The lowest BCUT2D eigenvalue weighted by Crippen LogP contribution is -2.41. The maximum Gasteiger partial charge on any atom is 0.193 e. The summed E-state index contributed by atoms with van der Waals surface area (Å²) >= 11 is 3.47. The Morgan fingerprint density at radius 2 is 2.14 bits per heavy atom. The van der Waals surface area contributed by atoms with Gasteiger partial charge in [-0.25, -0.2) is 0 Å². The maximum atomic E-state index is 4.41. The van der Waals surface area contributed by atoms with Gasteiger partial charge in [0.1, 0.15) is 0 Å². The number of nitrogens with zero attached hydrogens (tertiary/aromatic N) is 3. The van der Waals surface area contributed by atoms with Gasteiger partial charge in [0.25, 0.3) is 0 Å². The van der Waals surface area contributed by atoms with Crippen molar-refractivity contribution < 1.29 is 0 Å². The summed E-state index contributed by atoms with van der Waals surface area (Å²) in [4.78, 5) is 9.10. The van der Waals surface area contributed by atoms with E-state index in [0.29, 0.717) is 0 Å². The lowest BCUT2D eigenvalue weighted by molar-refractivity contribution is 0.340. The zero-order valence-electron chi connectivity index (χ0n) is 13.8. The van der Waals surface area contributed by atoms with Crippen molar-refractivity contribution in [2.24, 2.45) is 10.9 Å². The molecule has 1 aliphatic rings. The monoisotopic (exact) mass is 366 g/mol. The van der Waals surface area contributed by atoms with E-state index in [2.05, 4.69) is 74.3 Å². The van der Waals surface area contributed by atoms with Gasteiger partial charge in [0.2, 0.25) is 0 Å². The molecule has 1 aromatic carbocycles. The van der Waals surface area contributed by atoms with Crippen molar-refractivity contribution in [3.05, 3.63) is 34.3 Å². The Hall–Kier alpha value is -1.07. The second-order valence-corrected chi connectivity index (χ2v) is 6.87. The number of nitrogens with one attached hydrogen (secondary N) is 1. The quantitative estimate of drug-likeness (QED) is 0.641. The Balaban J connectivity index is 1.82. The summed E-state index contributed by atoms with van der Waals surface area (Å²) in [6, 6.07) is 8.45.